The van der Waals surface area contributed by atoms with Crippen molar-refractivity contribution in [3.63, 3.8) is 0 Å². The molecule has 40 heavy (non-hydrogen) atoms. The first-order valence-corrected chi connectivity index (χ1v) is 13.1. The minimum atomic E-state index is -0.418. The molecule has 0 aliphatic carbocycles. The molecule has 4 aromatic heterocycles. The molecule has 0 aliphatic heterocycles. The number of nitrogens with zero attached hydrogens (tertiary/aromatic N) is 5. The summed E-state index contributed by atoms with van der Waals surface area (Å²) >= 11 is 0. The molecular formula is C31H26N6O3. The van der Waals surface area contributed by atoms with Gasteiger partial charge in [0.25, 0.3) is 0 Å². The van der Waals surface area contributed by atoms with Crippen LogP contribution in [0.15, 0.2) is 67.0 Å². The third kappa shape index (κ3) is 3.82. The quantitative estimate of drug-likeness (QED) is 0.151. The van der Waals surface area contributed by atoms with E-state index < -0.39 is 6.29 Å². The molecule has 1 N–H and O–H groups in total. The fourth-order valence-corrected chi connectivity index (χ4v) is 5.34. The van der Waals surface area contributed by atoms with Gasteiger partial charge in [0.05, 0.1) is 51.9 Å². The van der Waals surface area contributed by atoms with Crippen molar-refractivity contribution >= 4 is 71.4 Å². The third-order valence-corrected chi connectivity index (χ3v) is 7.18. The van der Waals surface area contributed by atoms with Crippen LogP contribution in [-0.4, -0.2) is 58.6 Å². The number of ether oxygens (including phenoxy) is 3. The third-order valence-electron chi connectivity index (χ3n) is 7.18. The minimum absolute atomic E-state index is 0.418. The van der Waals surface area contributed by atoms with Gasteiger partial charge in [-0.25, -0.2) is 15.0 Å². The van der Waals surface area contributed by atoms with Gasteiger partial charge in [0, 0.05) is 48.2 Å². The molecule has 9 nitrogen and oxygen atoms in total. The van der Waals surface area contributed by atoms with E-state index in [9.17, 15) is 0 Å². The number of nitrogens with one attached hydrogen (secondary N) is 1. The van der Waals surface area contributed by atoms with Gasteiger partial charge in [0.15, 0.2) is 6.29 Å². The Labute approximate surface area is 229 Å². The highest BCUT2D eigenvalue weighted by molar-refractivity contribution is 6.23. The Balaban J connectivity index is 1.57. The second-order valence-electron chi connectivity index (χ2n) is 9.43. The van der Waals surface area contributed by atoms with Gasteiger partial charge < -0.3 is 19.5 Å². The molecule has 0 bridgehead atoms. The first kappa shape index (κ1) is 24.3. The summed E-state index contributed by atoms with van der Waals surface area (Å²) in [5.74, 6) is 0.778. The lowest BCUT2D eigenvalue weighted by Gasteiger charge is -2.18. The summed E-state index contributed by atoms with van der Waals surface area (Å²) in [6, 6.07) is 17.8. The van der Waals surface area contributed by atoms with Crippen molar-refractivity contribution in [1.29, 1.82) is 0 Å². The predicted molar refractivity (Wildman–Crippen MR) is 158 cm³/mol. The average Bonchev–Trinajstić information content (AvgIpc) is 3.00. The predicted octanol–water partition coefficient (Wildman–Crippen LogP) is 6.01. The lowest BCUT2D eigenvalue weighted by molar-refractivity contribution is -0.0913. The number of benzene rings is 3. The van der Waals surface area contributed by atoms with Crippen molar-refractivity contribution in [2.45, 2.75) is 13.2 Å². The zero-order chi connectivity index (χ0) is 27.2. The van der Waals surface area contributed by atoms with E-state index in [4.69, 9.17) is 29.2 Å². The van der Waals surface area contributed by atoms with Crippen LogP contribution in [0.3, 0.4) is 0 Å². The molecule has 198 valence electrons. The monoisotopic (exact) mass is 530 g/mol. The zero-order valence-corrected chi connectivity index (χ0v) is 22.3. The Morgan fingerprint density at radius 3 is 2.02 bits per heavy atom. The summed E-state index contributed by atoms with van der Waals surface area (Å²) in [4.78, 5) is 24.7. The summed E-state index contributed by atoms with van der Waals surface area (Å²) in [5, 5.41) is 7.21. The van der Waals surface area contributed by atoms with Crippen molar-refractivity contribution in [3.05, 3.63) is 67.0 Å². The fourth-order valence-electron chi connectivity index (χ4n) is 5.34. The largest absolute Gasteiger partial charge is 0.494 e. The van der Waals surface area contributed by atoms with Crippen molar-refractivity contribution in [3.8, 4) is 5.75 Å². The summed E-state index contributed by atoms with van der Waals surface area (Å²) in [7, 11) is 3.25. The number of hydrogen-bond acceptors (Lipinski definition) is 9. The minimum Gasteiger partial charge on any atom is -0.494 e. The SMILES string of the molecule is CCOc1ccc2nc3c(ccc4nc5c6cccnc6c6ncccc6c5nc43)c(NCC(OC)OC)c2c1. The van der Waals surface area contributed by atoms with E-state index in [2.05, 4.69) is 15.3 Å². The summed E-state index contributed by atoms with van der Waals surface area (Å²) < 4.78 is 16.7. The van der Waals surface area contributed by atoms with Gasteiger partial charge in [0.1, 0.15) is 16.8 Å². The van der Waals surface area contributed by atoms with E-state index in [0.29, 0.717) is 18.7 Å². The zero-order valence-electron chi connectivity index (χ0n) is 22.3. The molecule has 0 unspecified atom stereocenters. The summed E-state index contributed by atoms with van der Waals surface area (Å²) in [5.41, 5.74) is 7.11. The van der Waals surface area contributed by atoms with Crippen molar-refractivity contribution < 1.29 is 14.2 Å². The van der Waals surface area contributed by atoms with E-state index in [1.807, 2.05) is 61.5 Å². The van der Waals surface area contributed by atoms with Crippen molar-refractivity contribution in [2.75, 3.05) is 32.7 Å². The summed E-state index contributed by atoms with van der Waals surface area (Å²) in [6.45, 7) is 2.99. The highest BCUT2D eigenvalue weighted by Crippen LogP contribution is 2.38. The molecule has 0 aliphatic rings. The van der Waals surface area contributed by atoms with E-state index in [1.54, 1.807) is 26.6 Å². The second-order valence-corrected chi connectivity index (χ2v) is 9.43. The maximum absolute atomic E-state index is 5.81. The maximum atomic E-state index is 5.81. The van der Waals surface area contributed by atoms with Crippen LogP contribution in [0, 0.1) is 0 Å². The van der Waals surface area contributed by atoms with Gasteiger partial charge in [-0.05, 0) is 61.5 Å². The van der Waals surface area contributed by atoms with Gasteiger partial charge >= 0.3 is 0 Å². The number of pyridine rings is 3. The molecule has 7 aromatic rings. The molecule has 9 heteroatoms. The van der Waals surface area contributed by atoms with Crippen LogP contribution in [0.1, 0.15) is 6.92 Å². The lowest BCUT2D eigenvalue weighted by Crippen LogP contribution is -2.23. The molecule has 0 fully saturated rings. The van der Waals surface area contributed by atoms with Gasteiger partial charge in [-0.3, -0.25) is 9.97 Å². The van der Waals surface area contributed by atoms with Crippen LogP contribution < -0.4 is 10.1 Å². The van der Waals surface area contributed by atoms with Crippen LogP contribution in [0.5, 0.6) is 5.75 Å². The van der Waals surface area contributed by atoms with Gasteiger partial charge in [0.2, 0.25) is 0 Å². The van der Waals surface area contributed by atoms with Gasteiger partial charge in [-0.15, -0.1) is 0 Å². The first-order valence-electron chi connectivity index (χ1n) is 13.1. The lowest BCUT2D eigenvalue weighted by atomic mass is 10.0. The average molecular weight is 531 g/mol. The van der Waals surface area contributed by atoms with E-state index >= 15 is 0 Å². The Kier molecular flexibility index (Phi) is 5.95. The molecule has 0 spiro atoms. The highest BCUT2D eigenvalue weighted by Gasteiger charge is 2.18. The van der Waals surface area contributed by atoms with Gasteiger partial charge in [-0.2, -0.15) is 0 Å². The maximum Gasteiger partial charge on any atom is 0.173 e. The number of anilines is 1. The highest BCUT2D eigenvalue weighted by atomic mass is 16.7. The first-order chi connectivity index (χ1) is 19.7. The summed E-state index contributed by atoms with van der Waals surface area (Å²) in [6.07, 6.45) is 3.14. The Bertz CT molecular complexity index is 2080. The molecule has 0 atom stereocenters. The number of aromatic nitrogens is 5. The van der Waals surface area contributed by atoms with Crippen LogP contribution >= 0.6 is 0 Å². The van der Waals surface area contributed by atoms with E-state index in [-0.39, 0.29) is 0 Å². The fraction of sp³-hybridized carbons (Fsp3) is 0.194. The second kappa shape index (κ2) is 9.78. The molecule has 0 amide bonds. The van der Waals surface area contributed by atoms with Crippen molar-refractivity contribution in [1.82, 2.24) is 24.9 Å². The van der Waals surface area contributed by atoms with Crippen LogP contribution in [0.25, 0.3) is 65.7 Å². The van der Waals surface area contributed by atoms with Gasteiger partial charge in [-0.1, -0.05) is 0 Å². The van der Waals surface area contributed by atoms with E-state index in [0.717, 1.165) is 71.6 Å². The smallest absolute Gasteiger partial charge is 0.173 e. The van der Waals surface area contributed by atoms with Crippen LogP contribution in [0.4, 0.5) is 5.69 Å². The molecule has 0 saturated heterocycles. The number of methoxy groups -OCH3 is 2. The molecule has 0 saturated carbocycles. The molecule has 0 radical (unpaired) electrons. The number of fused-ring (bicyclic) bond motifs is 10. The topological polar surface area (TPSA) is 104 Å². The molecule has 3 aromatic carbocycles. The Morgan fingerprint density at radius 2 is 1.32 bits per heavy atom. The van der Waals surface area contributed by atoms with Crippen molar-refractivity contribution in [2.24, 2.45) is 0 Å². The standard InChI is InChI=1S/C31H26N6O3/c1-4-40-17-9-11-22-21(15-17)25(34-16-24(38-2)39-3)20-10-12-23-31(30(20)35-22)37-29-19-8-6-14-33-27(19)26-18(28(29)36-23)7-5-13-32-26/h5-15,24H,4,16H2,1-3H3,(H,34,35). The normalized spacial score (nSPS) is 12.0. The molecule has 4 heterocycles. The Morgan fingerprint density at radius 1 is 0.675 bits per heavy atom. The van der Waals surface area contributed by atoms with Crippen LogP contribution in [0.2, 0.25) is 0 Å². The van der Waals surface area contributed by atoms with Crippen LogP contribution in [-0.2, 0) is 9.47 Å². The van der Waals surface area contributed by atoms with E-state index in [1.165, 1.54) is 0 Å². The Hall–Kier alpha value is -4.73. The number of rotatable bonds is 7. The number of hydrogen-bond donors (Lipinski definition) is 1. The molecular weight excluding hydrogens is 504 g/mol. The molecule has 7 rings (SSSR count).